The fraction of sp³-hybridized carbons (Fsp3) is 0.154. The maximum Gasteiger partial charge on any atom is 0.254 e. The molecule has 0 unspecified atom stereocenters. The molecule has 18 heavy (non-hydrogen) atoms. The molecular formula is C13H13N5. The Hall–Kier alpha value is -2.43. The first kappa shape index (κ1) is 10.7. The van der Waals surface area contributed by atoms with Gasteiger partial charge in [-0.15, -0.1) is 5.10 Å². The van der Waals surface area contributed by atoms with Crippen LogP contribution in [0.3, 0.4) is 0 Å². The van der Waals surface area contributed by atoms with E-state index < -0.39 is 0 Å². The molecule has 5 nitrogen and oxygen atoms in total. The Balaban J connectivity index is 2.20. The van der Waals surface area contributed by atoms with Gasteiger partial charge in [-0.25, -0.2) is 4.98 Å². The minimum atomic E-state index is 0.242. The van der Waals surface area contributed by atoms with Gasteiger partial charge < -0.3 is 5.73 Å². The molecule has 0 aliphatic carbocycles. The van der Waals surface area contributed by atoms with Crippen molar-refractivity contribution in [2.45, 2.75) is 13.8 Å². The largest absolute Gasteiger partial charge is 0.366 e. The topological polar surface area (TPSA) is 69.1 Å². The van der Waals surface area contributed by atoms with Crippen LogP contribution in [0.2, 0.25) is 0 Å². The number of anilines is 1. The van der Waals surface area contributed by atoms with E-state index in [-0.39, 0.29) is 5.95 Å². The number of benzene rings is 1. The molecule has 0 saturated heterocycles. The molecule has 2 heterocycles. The smallest absolute Gasteiger partial charge is 0.254 e. The summed E-state index contributed by atoms with van der Waals surface area (Å²) in [5, 5.41) is 4.08. The number of nitrogens with zero attached hydrogens (tertiary/aromatic N) is 4. The van der Waals surface area contributed by atoms with Crippen LogP contribution in [0.5, 0.6) is 0 Å². The highest BCUT2D eigenvalue weighted by Crippen LogP contribution is 2.19. The highest BCUT2D eigenvalue weighted by atomic mass is 15.4. The molecule has 0 aliphatic heterocycles. The van der Waals surface area contributed by atoms with Gasteiger partial charge in [0.25, 0.3) is 5.78 Å². The Bertz CT molecular complexity index is 712. The van der Waals surface area contributed by atoms with Crippen molar-refractivity contribution in [2.24, 2.45) is 0 Å². The van der Waals surface area contributed by atoms with E-state index in [1.165, 1.54) is 5.56 Å². The van der Waals surface area contributed by atoms with Crippen LogP contribution in [0.25, 0.3) is 17.0 Å². The van der Waals surface area contributed by atoms with E-state index in [1.54, 1.807) is 4.52 Å². The van der Waals surface area contributed by atoms with Crippen molar-refractivity contribution in [3.63, 3.8) is 0 Å². The van der Waals surface area contributed by atoms with Gasteiger partial charge in [0.05, 0.1) is 5.69 Å². The lowest BCUT2D eigenvalue weighted by Crippen LogP contribution is -1.98. The zero-order valence-electron chi connectivity index (χ0n) is 10.3. The summed E-state index contributed by atoms with van der Waals surface area (Å²) in [5.41, 5.74) is 9.71. The summed E-state index contributed by atoms with van der Waals surface area (Å²) in [7, 11) is 0. The normalized spacial score (nSPS) is 11.0. The van der Waals surface area contributed by atoms with Crippen molar-refractivity contribution < 1.29 is 0 Å². The fourth-order valence-electron chi connectivity index (χ4n) is 1.90. The van der Waals surface area contributed by atoms with Gasteiger partial charge in [-0.3, -0.25) is 0 Å². The molecule has 1 aromatic carbocycles. The number of rotatable bonds is 1. The fourth-order valence-corrected chi connectivity index (χ4v) is 1.90. The summed E-state index contributed by atoms with van der Waals surface area (Å²) >= 11 is 0. The molecule has 3 rings (SSSR count). The van der Waals surface area contributed by atoms with E-state index in [4.69, 9.17) is 5.73 Å². The quantitative estimate of drug-likeness (QED) is 0.705. The molecule has 2 aromatic heterocycles. The molecule has 3 aromatic rings. The first-order chi connectivity index (χ1) is 8.63. The average Bonchev–Trinajstić information content (AvgIpc) is 2.71. The number of aromatic nitrogens is 4. The third-order valence-electron chi connectivity index (χ3n) is 2.85. The molecule has 0 spiro atoms. The Labute approximate surface area is 104 Å². The van der Waals surface area contributed by atoms with Gasteiger partial charge in [0, 0.05) is 11.3 Å². The monoisotopic (exact) mass is 239 g/mol. The highest BCUT2D eigenvalue weighted by Gasteiger charge is 2.08. The zero-order valence-corrected chi connectivity index (χ0v) is 10.3. The molecule has 0 amide bonds. The minimum absolute atomic E-state index is 0.242. The van der Waals surface area contributed by atoms with Crippen molar-refractivity contribution in [2.75, 3.05) is 5.73 Å². The minimum Gasteiger partial charge on any atom is -0.366 e. The number of nitrogen functional groups attached to an aromatic ring is 1. The Morgan fingerprint density at radius 1 is 1.06 bits per heavy atom. The molecule has 90 valence electrons. The molecule has 0 atom stereocenters. The summed E-state index contributed by atoms with van der Waals surface area (Å²) in [5.74, 6) is 0.773. The van der Waals surface area contributed by atoms with Gasteiger partial charge in [-0.1, -0.05) is 29.8 Å². The lowest BCUT2D eigenvalue weighted by Gasteiger charge is -2.04. The Morgan fingerprint density at radius 3 is 2.50 bits per heavy atom. The first-order valence-corrected chi connectivity index (χ1v) is 5.70. The summed E-state index contributed by atoms with van der Waals surface area (Å²) < 4.78 is 1.65. The lowest BCUT2D eigenvalue weighted by atomic mass is 10.1. The SMILES string of the molecule is Cc1ccc(-c2cc(C)n3nc(N)nc3n2)cc1. The molecule has 0 radical (unpaired) electrons. The average molecular weight is 239 g/mol. The van der Waals surface area contributed by atoms with Gasteiger partial charge in [-0.2, -0.15) is 9.50 Å². The van der Waals surface area contributed by atoms with Crippen molar-refractivity contribution in [1.29, 1.82) is 0 Å². The van der Waals surface area contributed by atoms with E-state index in [1.807, 2.05) is 25.1 Å². The summed E-state index contributed by atoms with van der Waals surface area (Å²) in [4.78, 5) is 8.56. The summed E-state index contributed by atoms with van der Waals surface area (Å²) in [6.07, 6.45) is 0. The number of fused-ring (bicyclic) bond motifs is 1. The Morgan fingerprint density at radius 2 is 1.78 bits per heavy atom. The predicted octanol–water partition coefficient (Wildman–Crippen LogP) is 1.99. The van der Waals surface area contributed by atoms with Gasteiger partial charge in [0.15, 0.2) is 0 Å². The van der Waals surface area contributed by atoms with Crippen LogP contribution in [0.4, 0.5) is 5.95 Å². The maximum atomic E-state index is 5.59. The van der Waals surface area contributed by atoms with E-state index in [9.17, 15) is 0 Å². The van der Waals surface area contributed by atoms with E-state index >= 15 is 0 Å². The summed E-state index contributed by atoms with van der Waals surface area (Å²) in [6.45, 7) is 4.02. The highest BCUT2D eigenvalue weighted by molar-refractivity contribution is 5.62. The maximum absolute atomic E-state index is 5.59. The van der Waals surface area contributed by atoms with Crippen molar-refractivity contribution in [1.82, 2.24) is 19.6 Å². The van der Waals surface area contributed by atoms with Gasteiger partial charge >= 0.3 is 0 Å². The van der Waals surface area contributed by atoms with Gasteiger partial charge in [0.2, 0.25) is 5.95 Å². The second-order valence-electron chi connectivity index (χ2n) is 4.33. The second kappa shape index (κ2) is 3.80. The van der Waals surface area contributed by atoms with Crippen molar-refractivity contribution >= 4 is 11.7 Å². The number of nitrogens with two attached hydrogens (primary N) is 1. The van der Waals surface area contributed by atoms with Crippen LogP contribution in [-0.2, 0) is 0 Å². The lowest BCUT2D eigenvalue weighted by molar-refractivity contribution is 0.900. The van der Waals surface area contributed by atoms with Crippen LogP contribution < -0.4 is 5.73 Å². The number of aryl methyl sites for hydroxylation is 2. The number of hydrogen-bond acceptors (Lipinski definition) is 4. The second-order valence-corrected chi connectivity index (χ2v) is 4.33. The molecule has 2 N–H and O–H groups in total. The molecule has 5 heteroatoms. The summed E-state index contributed by atoms with van der Waals surface area (Å²) in [6, 6.07) is 10.2. The van der Waals surface area contributed by atoms with Crippen LogP contribution in [0, 0.1) is 13.8 Å². The van der Waals surface area contributed by atoms with Crippen LogP contribution >= 0.6 is 0 Å². The molecular weight excluding hydrogens is 226 g/mol. The first-order valence-electron chi connectivity index (χ1n) is 5.70. The molecule has 0 bridgehead atoms. The third-order valence-corrected chi connectivity index (χ3v) is 2.85. The van der Waals surface area contributed by atoms with Crippen molar-refractivity contribution in [3.8, 4) is 11.3 Å². The molecule has 0 aliphatic rings. The number of hydrogen-bond donors (Lipinski definition) is 1. The predicted molar refractivity (Wildman–Crippen MR) is 70.1 cm³/mol. The van der Waals surface area contributed by atoms with Crippen molar-refractivity contribution in [3.05, 3.63) is 41.6 Å². The Kier molecular flexibility index (Phi) is 2.26. The third kappa shape index (κ3) is 1.69. The molecule has 0 fully saturated rings. The zero-order chi connectivity index (χ0) is 12.7. The van der Waals surface area contributed by atoms with Crippen LogP contribution in [0.1, 0.15) is 11.3 Å². The van der Waals surface area contributed by atoms with E-state index in [0.29, 0.717) is 5.78 Å². The van der Waals surface area contributed by atoms with Crippen LogP contribution in [0.15, 0.2) is 30.3 Å². The van der Waals surface area contributed by atoms with E-state index in [2.05, 4.69) is 34.1 Å². The molecule has 0 saturated carbocycles. The van der Waals surface area contributed by atoms with Gasteiger partial charge in [-0.05, 0) is 19.9 Å². The van der Waals surface area contributed by atoms with Gasteiger partial charge in [0.1, 0.15) is 0 Å². The standard InChI is InChI=1S/C13H13N5/c1-8-3-5-10(6-4-8)11-7-9(2)18-13(15-11)16-12(14)17-18/h3-7H,1-2H3,(H2,14,17). The van der Waals surface area contributed by atoms with Crippen LogP contribution in [-0.4, -0.2) is 19.6 Å². The van der Waals surface area contributed by atoms with E-state index in [0.717, 1.165) is 17.0 Å².